The molecule has 0 bridgehead atoms. The molecule has 0 saturated carbocycles. The number of hydrogen-bond acceptors (Lipinski definition) is 5. The zero-order valence-corrected chi connectivity index (χ0v) is 13.0. The first-order valence-electron chi connectivity index (χ1n) is 7.50. The second-order valence-electron chi connectivity index (χ2n) is 5.37. The van der Waals surface area contributed by atoms with Crippen molar-refractivity contribution < 1.29 is 19.2 Å². The van der Waals surface area contributed by atoms with Crippen molar-refractivity contribution in [2.45, 2.75) is 13.0 Å². The van der Waals surface area contributed by atoms with E-state index in [-0.39, 0.29) is 17.3 Å². The Morgan fingerprint density at radius 1 is 1.17 bits per heavy atom. The predicted octanol–water partition coefficient (Wildman–Crippen LogP) is 2.86. The van der Waals surface area contributed by atoms with Crippen molar-refractivity contribution in [3.05, 3.63) is 63.7 Å². The van der Waals surface area contributed by atoms with E-state index in [9.17, 15) is 14.9 Å². The molecule has 1 unspecified atom stereocenters. The van der Waals surface area contributed by atoms with Crippen LogP contribution in [-0.4, -0.2) is 24.0 Å². The third-order valence-corrected chi connectivity index (χ3v) is 3.76. The van der Waals surface area contributed by atoms with Gasteiger partial charge in [0.15, 0.2) is 11.5 Å². The van der Waals surface area contributed by atoms with Crippen LogP contribution in [0.1, 0.15) is 28.9 Å². The number of nitro groups is 1. The zero-order chi connectivity index (χ0) is 17.1. The van der Waals surface area contributed by atoms with Gasteiger partial charge in [-0.1, -0.05) is 18.2 Å². The lowest BCUT2D eigenvalue weighted by molar-refractivity contribution is -0.385. The summed E-state index contributed by atoms with van der Waals surface area (Å²) in [7, 11) is 0. The number of carbonyl (C=O) groups is 1. The van der Waals surface area contributed by atoms with E-state index in [0.717, 1.165) is 5.56 Å². The summed E-state index contributed by atoms with van der Waals surface area (Å²) < 4.78 is 11.0. The van der Waals surface area contributed by atoms with Crippen LogP contribution < -0.4 is 14.8 Å². The standard InChI is InChI=1S/C17H16N2O5/c1-11(12-6-7-15-16(10-12)24-9-8-23-15)18-17(20)13-4-2-3-5-14(13)19(21)22/h2-7,10-11H,8-9H2,1H3,(H,18,20). The molecule has 1 atom stereocenters. The molecule has 0 spiro atoms. The minimum absolute atomic E-state index is 0.0342. The number of fused-ring (bicyclic) bond motifs is 1. The molecule has 2 aromatic rings. The van der Waals surface area contributed by atoms with Crippen LogP contribution in [-0.2, 0) is 0 Å². The Kier molecular flexibility index (Phi) is 4.33. The number of nitrogens with zero attached hydrogens (tertiary/aromatic N) is 1. The van der Waals surface area contributed by atoms with Crippen LogP contribution in [0.3, 0.4) is 0 Å². The van der Waals surface area contributed by atoms with Gasteiger partial charge in [0, 0.05) is 6.07 Å². The maximum Gasteiger partial charge on any atom is 0.282 e. The number of benzene rings is 2. The van der Waals surface area contributed by atoms with Gasteiger partial charge in [-0.05, 0) is 30.7 Å². The highest BCUT2D eigenvalue weighted by Gasteiger charge is 2.21. The van der Waals surface area contributed by atoms with Gasteiger partial charge in [0.1, 0.15) is 18.8 Å². The summed E-state index contributed by atoms with van der Waals surface area (Å²) in [6.07, 6.45) is 0. The fraction of sp³-hybridized carbons (Fsp3) is 0.235. The van der Waals surface area contributed by atoms with Gasteiger partial charge in [0.2, 0.25) is 0 Å². The molecule has 0 fully saturated rings. The SMILES string of the molecule is CC(NC(=O)c1ccccc1[N+](=O)[O-])c1ccc2c(c1)OCCO2. The highest BCUT2D eigenvalue weighted by atomic mass is 16.6. The van der Waals surface area contributed by atoms with Crippen LogP contribution in [0, 0.1) is 10.1 Å². The molecule has 7 nitrogen and oxygen atoms in total. The first-order valence-corrected chi connectivity index (χ1v) is 7.50. The van der Waals surface area contributed by atoms with Crippen molar-refractivity contribution in [3.8, 4) is 11.5 Å². The first kappa shape index (κ1) is 15.8. The summed E-state index contributed by atoms with van der Waals surface area (Å²) in [5, 5.41) is 13.8. The highest BCUT2D eigenvalue weighted by Crippen LogP contribution is 2.32. The van der Waals surface area contributed by atoms with Gasteiger partial charge in [-0.2, -0.15) is 0 Å². The zero-order valence-electron chi connectivity index (χ0n) is 13.0. The molecular weight excluding hydrogens is 312 g/mol. The Morgan fingerprint density at radius 2 is 1.88 bits per heavy atom. The van der Waals surface area contributed by atoms with E-state index >= 15 is 0 Å². The van der Waals surface area contributed by atoms with Gasteiger partial charge in [-0.3, -0.25) is 14.9 Å². The quantitative estimate of drug-likeness (QED) is 0.688. The summed E-state index contributed by atoms with van der Waals surface area (Å²) in [4.78, 5) is 22.8. The molecule has 24 heavy (non-hydrogen) atoms. The van der Waals surface area contributed by atoms with Crippen LogP contribution in [0.15, 0.2) is 42.5 Å². The van der Waals surface area contributed by atoms with Crippen LogP contribution in [0.4, 0.5) is 5.69 Å². The van der Waals surface area contributed by atoms with Gasteiger partial charge in [0.05, 0.1) is 11.0 Å². The summed E-state index contributed by atoms with van der Waals surface area (Å²) in [6, 6.07) is 10.9. The topological polar surface area (TPSA) is 90.7 Å². The molecule has 0 aromatic heterocycles. The largest absolute Gasteiger partial charge is 0.486 e. The van der Waals surface area contributed by atoms with Crippen molar-refractivity contribution in [2.24, 2.45) is 0 Å². The molecule has 0 aliphatic carbocycles. The monoisotopic (exact) mass is 328 g/mol. The normalized spacial score (nSPS) is 13.9. The smallest absolute Gasteiger partial charge is 0.282 e. The minimum atomic E-state index is -0.566. The second kappa shape index (κ2) is 6.57. The lowest BCUT2D eigenvalue weighted by atomic mass is 10.1. The van der Waals surface area contributed by atoms with E-state index in [2.05, 4.69) is 5.32 Å². The molecule has 1 amide bonds. The molecular formula is C17H16N2O5. The maximum absolute atomic E-state index is 12.4. The van der Waals surface area contributed by atoms with Crippen LogP contribution in [0.2, 0.25) is 0 Å². The molecule has 2 aromatic carbocycles. The lowest BCUT2D eigenvalue weighted by Crippen LogP contribution is -2.27. The Hall–Kier alpha value is -3.09. The Morgan fingerprint density at radius 3 is 2.62 bits per heavy atom. The van der Waals surface area contributed by atoms with E-state index < -0.39 is 10.8 Å². The number of nitro benzene ring substituents is 1. The average molecular weight is 328 g/mol. The Balaban J connectivity index is 1.78. The number of para-hydroxylation sites is 1. The molecule has 1 aliphatic rings. The number of amides is 1. The molecule has 1 aliphatic heterocycles. The molecule has 124 valence electrons. The van der Waals surface area contributed by atoms with Crippen molar-refractivity contribution in [1.29, 1.82) is 0 Å². The molecule has 7 heteroatoms. The lowest BCUT2D eigenvalue weighted by Gasteiger charge is -2.21. The summed E-state index contributed by atoms with van der Waals surface area (Å²) in [6.45, 7) is 2.79. The minimum Gasteiger partial charge on any atom is -0.486 e. The highest BCUT2D eigenvalue weighted by molar-refractivity contribution is 5.98. The van der Waals surface area contributed by atoms with Crippen molar-refractivity contribution in [3.63, 3.8) is 0 Å². The predicted molar refractivity (Wildman–Crippen MR) is 86.4 cm³/mol. The summed E-state index contributed by atoms with van der Waals surface area (Å²) in [5.41, 5.74) is 0.641. The van der Waals surface area contributed by atoms with Gasteiger partial charge < -0.3 is 14.8 Å². The fourth-order valence-electron chi connectivity index (χ4n) is 2.51. The van der Waals surface area contributed by atoms with Gasteiger partial charge in [0.25, 0.3) is 11.6 Å². The van der Waals surface area contributed by atoms with E-state index in [1.165, 1.54) is 18.2 Å². The molecule has 0 saturated heterocycles. The number of hydrogen-bond donors (Lipinski definition) is 1. The van der Waals surface area contributed by atoms with Gasteiger partial charge in [-0.15, -0.1) is 0 Å². The van der Waals surface area contributed by atoms with Crippen molar-refractivity contribution >= 4 is 11.6 Å². The number of rotatable bonds is 4. The number of ether oxygens (including phenoxy) is 2. The first-order chi connectivity index (χ1) is 11.6. The van der Waals surface area contributed by atoms with E-state index in [1.807, 2.05) is 6.07 Å². The van der Waals surface area contributed by atoms with Crippen molar-refractivity contribution in [1.82, 2.24) is 5.32 Å². The van der Waals surface area contributed by atoms with E-state index in [0.29, 0.717) is 24.7 Å². The maximum atomic E-state index is 12.4. The van der Waals surface area contributed by atoms with Gasteiger partial charge in [-0.25, -0.2) is 0 Å². The molecule has 3 rings (SSSR count). The average Bonchev–Trinajstić information content (AvgIpc) is 2.61. The van der Waals surface area contributed by atoms with Crippen LogP contribution in [0.5, 0.6) is 11.5 Å². The Bertz CT molecular complexity index is 790. The summed E-state index contributed by atoms with van der Waals surface area (Å²) in [5.74, 6) is 0.803. The molecule has 1 N–H and O–H groups in total. The summed E-state index contributed by atoms with van der Waals surface area (Å²) >= 11 is 0. The molecule has 0 radical (unpaired) electrons. The van der Waals surface area contributed by atoms with Crippen LogP contribution >= 0.6 is 0 Å². The second-order valence-corrected chi connectivity index (χ2v) is 5.37. The van der Waals surface area contributed by atoms with E-state index in [4.69, 9.17) is 9.47 Å². The van der Waals surface area contributed by atoms with E-state index in [1.54, 1.807) is 25.1 Å². The fourth-order valence-corrected chi connectivity index (χ4v) is 2.51. The Labute approximate surface area is 138 Å². The van der Waals surface area contributed by atoms with Crippen molar-refractivity contribution in [2.75, 3.05) is 13.2 Å². The molecule has 1 heterocycles. The van der Waals surface area contributed by atoms with Crippen LogP contribution in [0.25, 0.3) is 0 Å². The number of carbonyl (C=O) groups excluding carboxylic acids is 1. The third-order valence-electron chi connectivity index (χ3n) is 3.76. The van der Waals surface area contributed by atoms with Gasteiger partial charge >= 0.3 is 0 Å². The number of nitrogens with one attached hydrogen (secondary N) is 1. The third kappa shape index (κ3) is 3.15.